The number of hydrogen-bond acceptors (Lipinski definition) is 3. The highest BCUT2D eigenvalue weighted by molar-refractivity contribution is 5.72. The molecule has 0 heterocycles. The van der Waals surface area contributed by atoms with Crippen LogP contribution in [-0.2, 0) is 9.59 Å². The summed E-state index contributed by atoms with van der Waals surface area (Å²) in [5.41, 5.74) is 3.06. The summed E-state index contributed by atoms with van der Waals surface area (Å²) in [6.07, 6.45) is 3.61. The van der Waals surface area contributed by atoms with Gasteiger partial charge in [-0.05, 0) is 31.9 Å². The van der Waals surface area contributed by atoms with Gasteiger partial charge in [0.25, 0.3) is 0 Å². The van der Waals surface area contributed by atoms with E-state index < -0.39 is 11.9 Å². The standard InChI is InChI=1S/C14H21NO4/c1-10(2)12(4)11(3)6-5-7-15(8-13(16)17)9-14(18)19/h5-6H,1,7-9H2,2-4H3,(H,16,17)(H,18,19)/b6-5+,12-11-. The van der Waals surface area contributed by atoms with E-state index in [4.69, 9.17) is 10.2 Å². The third kappa shape index (κ3) is 7.94. The maximum absolute atomic E-state index is 10.6. The number of nitrogens with zero attached hydrogens (tertiary/aromatic N) is 1. The Morgan fingerprint density at radius 3 is 1.95 bits per heavy atom. The van der Waals surface area contributed by atoms with Gasteiger partial charge in [-0.15, -0.1) is 0 Å². The number of carbonyl (C=O) groups is 2. The highest BCUT2D eigenvalue weighted by Crippen LogP contribution is 2.12. The fourth-order valence-corrected chi connectivity index (χ4v) is 1.41. The van der Waals surface area contributed by atoms with Crippen LogP contribution < -0.4 is 0 Å². The van der Waals surface area contributed by atoms with Crippen LogP contribution in [0.3, 0.4) is 0 Å². The van der Waals surface area contributed by atoms with Crippen LogP contribution in [0.2, 0.25) is 0 Å². The van der Waals surface area contributed by atoms with Crippen LogP contribution in [0, 0.1) is 0 Å². The summed E-state index contributed by atoms with van der Waals surface area (Å²) in [6.45, 7) is 9.33. The summed E-state index contributed by atoms with van der Waals surface area (Å²) in [7, 11) is 0. The Balaban J connectivity index is 4.62. The zero-order valence-corrected chi connectivity index (χ0v) is 11.6. The molecule has 0 aromatic heterocycles. The van der Waals surface area contributed by atoms with Crippen LogP contribution in [0.1, 0.15) is 20.8 Å². The van der Waals surface area contributed by atoms with Crippen LogP contribution in [-0.4, -0.2) is 46.7 Å². The van der Waals surface area contributed by atoms with Crippen LogP contribution in [0.5, 0.6) is 0 Å². The molecule has 0 bridgehead atoms. The highest BCUT2D eigenvalue weighted by Gasteiger charge is 2.11. The molecule has 0 saturated heterocycles. The number of aliphatic carboxylic acids is 2. The molecule has 0 aromatic carbocycles. The molecular formula is C14H21NO4. The zero-order valence-electron chi connectivity index (χ0n) is 11.6. The number of carboxylic acids is 2. The van der Waals surface area contributed by atoms with E-state index in [2.05, 4.69) is 6.58 Å². The predicted octanol–water partition coefficient (Wildman–Crippen LogP) is 1.93. The molecule has 0 spiro atoms. The van der Waals surface area contributed by atoms with Crippen LogP contribution in [0.15, 0.2) is 35.5 Å². The van der Waals surface area contributed by atoms with Gasteiger partial charge >= 0.3 is 11.9 Å². The Bertz CT molecular complexity index is 405. The van der Waals surface area contributed by atoms with Crippen LogP contribution in [0.25, 0.3) is 0 Å². The highest BCUT2D eigenvalue weighted by atomic mass is 16.4. The maximum Gasteiger partial charge on any atom is 0.317 e. The number of allylic oxidation sites excluding steroid dienone is 4. The molecule has 0 aliphatic heterocycles. The van der Waals surface area contributed by atoms with Crippen molar-refractivity contribution < 1.29 is 19.8 Å². The number of carboxylic acid groups (broad SMARTS) is 2. The Morgan fingerprint density at radius 2 is 1.58 bits per heavy atom. The summed E-state index contributed by atoms with van der Waals surface area (Å²) < 4.78 is 0. The number of hydrogen-bond donors (Lipinski definition) is 2. The topological polar surface area (TPSA) is 77.8 Å². The molecule has 0 atom stereocenters. The largest absolute Gasteiger partial charge is 0.480 e. The van der Waals surface area contributed by atoms with Gasteiger partial charge in [0.2, 0.25) is 0 Å². The second-order valence-electron chi connectivity index (χ2n) is 4.45. The SMILES string of the molecule is C=C(C)/C(C)=C(C)\C=C\CN(CC(=O)O)CC(=O)O. The lowest BCUT2D eigenvalue weighted by molar-refractivity contribution is -0.141. The molecule has 0 unspecified atom stereocenters. The van der Waals surface area contributed by atoms with Crippen molar-refractivity contribution in [1.29, 1.82) is 0 Å². The molecular weight excluding hydrogens is 246 g/mol. The van der Waals surface area contributed by atoms with Gasteiger partial charge in [-0.1, -0.05) is 24.3 Å². The molecule has 0 amide bonds. The fourth-order valence-electron chi connectivity index (χ4n) is 1.41. The van der Waals surface area contributed by atoms with E-state index in [1.54, 1.807) is 6.08 Å². The zero-order chi connectivity index (χ0) is 15.0. The first kappa shape index (κ1) is 17.1. The van der Waals surface area contributed by atoms with Gasteiger partial charge in [-0.25, -0.2) is 0 Å². The summed E-state index contributed by atoms with van der Waals surface area (Å²) in [5.74, 6) is -2.08. The average molecular weight is 267 g/mol. The van der Waals surface area contributed by atoms with Crippen molar-refractivity contribution >= 4 is 11.9 Å². The second-order valence-corrected chi connectivity index (χ2v) is 4.45. The van der Waals surface area contributed by atoms with E-state index in [0.717, 1.165) is 16.7 Å². The predicted molar refractivity (Wildman–Crippen MR) is 74.0 cm³/mol. The van der Waals surface area contributed by atoms with Gasteiger partial charge in [0, 0.05) is 6.54 Å². The molecule has 0 rings (SSSR count). The van der Waals surface area contributed by atoms with Crippen molar-refractivity contribution in [2.75, 3.05) is 19.6 Å². The van der Waals surface area contributed by atoms with E-state index >= 15 is 0 Å². The van der Waals surface area contributed by atoms with E-state index in [1.807, 2.05) is 26.8 Å². The summed E-state index contributed by atoms with van der Waals surface area (Å²) in [4.78, 5) is 22.6. The minimum absolute atomic E-state index is 0.277. The van der Waals surface area contributed by atoms with Crippen molar-refractivity contribution in [3.63, 3.8) is 0 Å². The van der Waals surface area contributed by atoms with Gasteiger partial charge in [0.1, 0.15) is 0 Å². The first-order valence-corrected chi connectivity index (χ1v) is 5.90. The molecule has 5 nitrogen and oxygen atoms in total. The van der Waals surface area contributed by atoms with Gasteiger partial charge in [-0.2, -0.15) is 0 Å². The normalized spacial score (nSPS) is 12.6. The lowest BCUT2D eigenvalue weighted by atomic mass is 10.1. The van der Waals surface area contributed by atoms with Gasteiger partial charge in [0.15, 0.2) is 0 Å². The maximum atomic E-state index is 10.6. The molecule has 0 fully saturated rings. The lowest BCUT2D eigenvalue weighted by Gasteiger charge is -2.15. The van der Waals surface area contributed by atoms with E-state index in [-0.39, 0.29) is 19.6 Å². The van der Waals surface area contributed by atoms with Crippen LogP contribution in [0.4, 0.5) is 0 Å². The van der Waals surface area contributed by atoms with E-state index in [0.29, 0.717) is 0 Å². The van der Waals surface area contributed by atoms with Gasteiger partial charge < -0.3 is 10.2 Å². The lowest BCUT2D eigenvalue weighted by Crippen LogP contribution is -2.34. The first-order chi connectivity index (χ1) is 8.73. The molecule has 106 valence electrons. The fraction of sp³-hybridized carbons (Fsp3) is 0.429. The molecule has 2 N–H and O–H groups in total. The van der Waals surface area contributed by atoms with Crippen molar-refractivity contribution in [3.05, 3.63) is 35.5 Å². The molecule has 0 aromatic rings. The minimum Gasteiger partial charge on any atom is -0.480 e. The molecule has 0 aliphatic rings. The van der Waals surface area contributed by atoms with E-state index in [9.17, 15) is 9.59 Å². The summed E-state index contributed by atoms with van der Waals surface area (Å²) in [5, 5.41) is 17.4. The van der Waals surface area contributed by atoms with Crippen molar-refractivity contribution in [1.82, 2.24) is 4.90 Å². The first-order valence-electron chi connectivity index (χ1n) is 5.90. The van der Waals surface area contributed by atoms with Gasteiger partial charge in [0.05, 0.1) is 13.1 Å². The molecule has 19 heavy (non-hydrogen) atoms. The Labute approximate surface area is 113 Å². The summed E-state index contributed by atoms with van der Waals surface area (Å²) >= 11 is 0. The third-order valence-electron chi connectivity index (χ3n) is 2.68. The van der Waals surface area contributed by atoms with Crippen LogP contribution >= 0.6 is 0 Å². The quantitative estimate of drug-likeness (QED) is 0.657. The number of rotatable bonds is 8. The summed E-state index contributed by atoms with van der Waals surface area (Å²) in [6, 6.07) is 0. The smallest absolute Gasteiger partial charge is 0.317 e. The Hall–Kier alpha value is -1.88. The molecule has 0 aliphatic carbocycles. The average Bonchev–Trinajstić information content (AvgIpc) is 2.25. The Kier molecular flexibility index (Phi) is 7.44. The van der Waals surface area contributed by atoms with E-state index in [1.165, 1.54) is 4.90 Å². The van der Waals surface area contributed by atoms with Crippen molar-refractivity contribution in [2.24, 2.45) is 0 Å². The third-order valence-corrected chi connectivity index (χ3v) is 2.68. The second kappa shape index (κ2) is 8.26. The minimum atomic E-state index is -1.04. The Morgan fingerprint density at radius 1 is 1.11 bits per heavy atom. The molecule has 0 saturated carbocycles. The van der Waals surface area contributed by atoms with Crippen molar-refractivity contribution in [2.45, 2.75) is 20.8 Å². The van der Waals surface area contributed by atoms with Gasteiger partial charge in [-0.3, -0.25) is 14.5 Å². The monoisotopic (exact) mass is 267 g/mol. The molecule has 5 heteroatoms. The van der Waals surface area contributed by atoms with Crippen molar-refractivity contribution in [3.8, 4) is 0 Å². The molecule has 0 radical (unpaired) electrons.